The maximum atomic E-state index is 13.3. The summed E-state index contributed by atoms with van der Waals surface area (Å²) in [5.74, 6) is -1.31. The van der Waals surface area contributed by atoms with E-state index in [-0.39, 0.29) is 30.3 Å². The predicted molar refractivity (Wildman–Crippen MR) is 124 cm³/mol. The third kappa shape index (κ3) is 4.87. The second-order valence-corrected chi connectivity index (χ2v) is 7.80. The summed E-state index contributed by atoms with van der Waals surface area (Å²) in [4.78, 5) is 30.7. The number of hydrogen-bond donors (Lipinski definition) is 1. The minimum Gasteiger partial charge on any atom is -0.348 e. The molecule has 1 N–H and O–H groups in total. The van der Waals surface area contributed by atoms with Gasteiger partial charge in [-0.2, -0.15) is 0 Å². The molecule has 0 spiro atoms. The molecule has 0 aliphatic carbocycles. The number of carbonyl (C=O) groups is 1. The highest BCUT2D eigenvalue weighted by molar-refractivity contribution is 5.97. The van der Waals surface area contributed by atoms with Gasteiger partial charge >= 0.3 is 0 Å². The van der Waals surface area contributed by atoms with Gasteiger partial charge in [0.2, 0.25) is 0 Å². The van der Waals surface area contributed by atoms with E-state index in [9.17, 15) is 18.4 Å². The van der Waals surface area contributed by atoms with Crippen molar-refractivity contribution in [2.75, 3.05) is 0 Å². The number of halogens is 2. The van der Waals surface area contributed by atoms with Crippen molar-refractivity contribution in [1.82, 2.24) is 14.9 Å². The van der Waals surface area contributed by atoms with E-state index in [1.54, 1.807) is 30.5 Å². The summed E-state index contributed by atoms with van der Waals surface area (Å²) in [5.41, 5.74) is 2.81. The van der Waals surface area contributed by atoms with Crippen LogP contribution in [-0.4, -0.2) is 15.5 Å². The van der Waals surface area contributed by atoms with Crippen LogP contribution in [0.4, 0.5) is 8.78 Å². The quantitative estimate of drug-likeness (QED) is 0.469. The number of amides is 1. The average Bonchev–Trinajstić information content (AvgIpc) is 2.81. The zero-order chi connectivity index (χ0) is 23.5. The number of rotatable bonds is 6. The molecule has 0 unspecified atom stereocenters. The molecule has 33 heavy (non-hydrogen) atoms. The van der Waals surface area contributed by atoms with Gasteiger partial charge in [-0.1, -0.05) is 30.8 Å². The number of benzene rings is 2. The van der Waals surface area contributed by atoms with Crippen molar-refractivity contribution >= 4 is 22.5 Å². The van der Waals surface area contributed by atoms with Crippen molar-refractivity contribution in [3.8, 4) is 0 Å². The summed E-state index contributed by atoms with van der Waals surface area (Å²) in [6.45, 7) is 6.02. The predicted octanol–water partition coefficient (Wildman–Crippen LogP) is 4.69. The molecule has 0 radical (unpaired) electrons. The third-order valence-electron chi connectivity index (χ3n) is 5.28. The van der Waals surface area contributed by atoms with Crippen LogP contribution in [-0.2, 0) is 13.1 Å². The van der Waals surface area contributed by atoms with Gasteiger partial charge in [-0.05, 0) is 65.6 Å². The van der Waals surface area contributed by atoms with Crippen LogP contribution in [0.1, 0.15) is 34.0 Å². The first-order valence-corrected chi connectivity index (χ1v) is 10.3. The van der Waals surface area contributed by atoms with Gasteiger partial charge in [0.15, 0.2) is 0 Å². The minimum absolute atomic E-state index is 0.0487. The molecule has 4 aromatic rings. The van der Waals surface area contributed by atoms with Crippen LogP contribution < -0.4 is 10.9 Å². The molecule has 4 rings (SSSR count). The number of carbonyl (C=O) groups excluding carboxylic acids is 1. The van der Waals surface area contributed by atoms with E-state index in [2.05, 4.69) is 16.9 Å². The van der Waals surface area contributed by atoms with E-state index < -0.39 is 11.5 Å². The molecule has 0 aliphatic heterocycles. The van der Waals surface area contributed by atoms with Gasteiger partial charge in [-0.15, -0.1) is 0 Å². The Bertz CT molecular complexity index is 1410. The Morgan fingerprint density at radius 2 is 1.61 bits per heavy atom. The minimum atomic E-state index is -0.556. The monoisotopic (exact) mass is 445 g/mol. The molecule has 1 amide bonds. The third-order valence-corrected chi connectivity index (χ3v) is 5.28. The fourth-order valence-electron chi connectivity index (χ4n) is 3.46. The molecule has 0 aliphatic rings. The first-order chi connectivity index (χ1) is 15.8. The molecule has 0 saturated carbocycles. The number of fused-ring (bicyclic) bond motifs is 1. The summed E-state index contributed by atoms with van der Waals surface area (Å²) < 4.78 is 27.9. The smallest absolute Gasteiger partial charge is 0.265 e. The van der Waals surface area contributed by atoms with Gasteiger partial charge in [0.1, 0.15) is 22.8 Å². The highest BCUT2D eigenvalue weighted by atomic mass is 19.1. The van der Waals surface area contributed by atoms with E-state index in [1.807, 2.05) is 13.0 Å². The Kier molecular flexibility index (Phi) is 6.13. The van der Waals surface area contributed by atoms with Crippen LogP contribution in [0, 0.1) is 11.6 Å². The fraction of sp³-hybridized carbons (Fsp3) is 0.115. The Morgan fingerprint density at radius 1 is 1.00 bits per heavy atom. The first kappa shape index (κ1) is 22.1. The van der Waals surface area contributed by atoms with Gasteiger partial charge in [-0.3, -0.25) is 14.2 Å². The standard InChI is InChI=1S/C26H21F2N3O2/c1-16(2)20-11-19-12-23(25(32)30-13-17-3-7-21(27)8-4-17)26(33)31(24(19)29-14-20)15-18-5-9-22(28)10-6-18/h3-12,14H,1,13,15H2,2H3,(H,30,32). The second-order valence-electron chi connectivity index (χ2n) is 7.80. The van der Waals surface area contributed by atoms with E-state index in [0.717, 1.165) is 11.1 Å². The van der Waals surface area contributed by atoms with Crippen molar-refractivity contribution in [2.45, 2.75) is 20.0 Å². The zero-order valence-electron chi connectivity index (χ0n) is 17.9. The van der Waals surface area contributed by atoms with E-state index >= 15 is 0 Å². The van der Waals surface area contributed by atoms with Crippen LogP contribution in [0.5, 0.6) is 0 Å². The number of aromatic nitrogens is 2. The van der Waals surface area contributed by atoms with Crippen molar-refractivity contribution in [1.29, 1.82) is 0 Å². The molecule has 0 bridgehead atoms. The summed E-state index contributed by atoms with van der Waals surface area (Å²) in [5, 5.41) is 3.31. The largest absolute Gasteiger partial charge is 0.348 e. The lowest BCUT2D eigenvalue weighted by molar-refractivity contribution is 0.0949. The molecule has 2 heterocycles. The summed E-state index contributed by atoms with van der Waals surface area (Å²) in [6.07, 6.45) is 1.62. The maximum Gasteiger partial charge on any atom is 0.265 e. The Labute approximate surface area is 189 Å². The maximum absolute atomic E-state index is 13.3. The van der Waals surface area contributed by atoms with Crippen molar-refractivity contribution < 1.29 is 13.6 Å². The molecule has 166 valence electrons. The topological polar surface area (TPSA) is 64.0 Å². The molecular formula is C26H21F2N3O2. The lowest BCUT2D eigenvalue weighted by atomic mass is 10.1. The van der Waals surface area contributed by atoms with Gasteiger partial charge in [0, 0.05) is 18.1 Å². The lowest BCUT2D eigenvalue weighted by Crippen LogP contribution is -2.33. The molecule has 2 aromatic carbocycles. The van der Waals surface area contributed by atoms with Crippen LogP contribution in [0.15, 0.2) is 78.2 Å². The number of hydrogen-bond acceptors (Lipinski definition) is 3. The van der Waals surface area contributed by atoms with Gasteiger partial charge in [0.05, 0.1) is 6.54 Å². The Hall–Kier alpha value is -4.13. The van der Waals surface area contributed by atoms with Crippen LogP contribution >= 0.6 is 0 Å². The molecule has 2 aromatic heterocycles. The number of pyridine rings is 2. The Morgan fingerprint density at radius 3 is 2.21 bits per heavy atom. The summed E-state index contributed by atoms with van der Waals surface area (Å²) in [7, 11) is 0. The van der Waals surface area contributed by atoms with E-state index in [0.29, 0.717) is 22.2 Å². The van der Waals surface area contributed by atoms with Crippen LogP contribution in [0.2, 0.25) is 0 Å². The highest BCUT2D eigenvalue weighted by Crippen LogP contribution is 2.19. The van der Waals surface area contributed by atoms with E-state index in [4.69, 9.17) is 0 Å². The van der Waals surface area contributed by atoms with Crippen molar-refractivity contribution in [3.05, 3.63) is 118 Å². The fourth-order valence-corrected chi connectivity index (χ4v) is 3.46. The number of nitrogens with one attached hydrogen (secondary N) is 1. The normalized spacial score (nSPS) is 10.9. The zero-order valence-corrected chi connectivity index (χ0v) is 17.9. The molecule has 0 atom stereocenters. The van der Waals surface area contributed by atoms with Gasteiger partial charge in [0.25, 0.3) is 11.5 Å². The molecule has 5 nitrogen and oxygen atoms in total. The molecule has 7 heteroatoms. The first-order valence-electron chi connectivity index (χ1n) is 10.3. The average molecular weight is 445 g/mol. The van der Waals surface area contributed by atoms with Crippen molar-refractivity contribution in [2.24, 2.45) is 0 Å². The number of allylic oxidation sites excluding steroid dienone is 1. The van der Waals surface area contributed by atoms with Gasteiger partial charge in [-0.25, -0.2) is 13.8 Å². The van der Waals surface area contributed by atoms with Crippen molar-refractivity contribution in [3.63, 3.8) is 0 Å². The lowest BCUT2D eigenvalue weighted by Gasteiger charge is -2.14. The molecule has 0 saturated heterocycles. The molecule has 0 fully saturated rings. The molecular weight excluding hydrogens is 424 g/mol. The van der Waals surface area contributed by atoms with Crippen LogP contribution in [0.3, 0.4) is 0 Å². The summed E-state index contributed by atoms with van der Waals surface area (Å²) >= 11 is 0. The van der Waals surface area contributed by atoms with E-state index in [1.165, 1.54) is 34.9 Å². The SMILES string of the molecule is C=C(C)c1cnc2c(c1)cc(C(=O)NCc1ccc(F)cc1)c(=O)n2Cc1ccc(F)cc1. The second kappa shape index (κ2) is 9.16. The summed E-state index contributed by atoms with van der Waals surface area (Å²) in [6, 6.07) is 14.9. The highest BCUT2D eigenvalue weighted by Gasteiger charge is 2.17. The van der Waals surface area contributed by atoms with Gasteiger partial charge < -0.3 is 5.32 Å². The number of nitrogens with zero attached hydrogens (tertiary/aromatic N) is 2. The van der Waals surface area contributed by atoms with Crippen LogP contribution in [0.25, 0.3) is 16.6 Å². The Balaban J connectivity index is 1.75.